The molecule has 28 heavy (non-hydrogen) atoms. The van der Waals surface area contributed by atoms with Gasteiger partial charge in [-0.25, -0.2) is 8.42 Å². The predicted molar refractivity (Wildman–Crippen MR) is 112 cm³/mol. The van der Waals surface area contributed by atoms with Crippen molar-refractivity contribution < 1.29 is 13.2 Å². The molecule has 1 amide bonds. The highest BCUT2D eigenvalue weighted by molar-refractivity contribution is 7.92. The molecule has 0 saturated carbocycles. The zero-order valence-corrected chi connectivity index (χ0v) is 17.5. The molecule has 8 heteroatoms. The van der Waals surface area contributed by atoms with Gasteiger partial charge in [0.1, 0.15) is 0 Å². The number of amides is 1. The van der Waals surface area contributed by atoms with Gasteiger partial charge in [0.05, 0.1) is 16.0 Å². The van der Waals surface area contributed by atoms with E-state index in [2.05, 4.69) is 15.4 Å². The Labute approximate surface area is 170 Å². The standard InChI is InChI=1S/C20H24ClN3O3S/c1-20(2,13-21)19(25)23-16-4-3-5-17(11-16)24-28(26,27)18-7-6-14-8-9-22-12-15(14)10-18/h3-7,10-11,22,24H,8-9,12-13H2,1-2H3,(H,23,25). The van der Waals surface area contributed by atoms with Crippen molar-refractivity contribution in [2.24, 2.45) is 5.41 Å². The number of halogens is 1. The maximum Gasteiger partial charge on any atom is 0.261 e. The smallest absolute Gasteiger partial charge is 0.261 e. The average molecular weight is 422 g/mol. The van der Waals surface area contributed by atoms with Crippen molar-refractivity contribution >= 4 is 38.9 Å². The van der Waals surface area contributed by atoms with Gasteiger partial charge in [-0.15, -0.1) is 11.6 Å². The van der Waals surface area contributed by atoms with Gasteiger partial charge >= 0.3 is 0 Å². The van der Waals surface area contributed by atoms with Gasteiger partial charge in [0, 0.05) is 18.1 Å². The number of hydrogen-bond donors (Lipinski definition) is 3. The van der Waals surface area contributed by atoms with Gasteiger partial charge in [-0.3, -0.25) is 9.52 Å². The first kappa shape index (κ1) is 20.6. The normalized spacial score (nSPS) is 14.2. The molecule has 0 unspecified atom stereocenters. The second-order valence-corrected chi connectivity index (χ2v) is 9.46. The van der Waals surface area contributed by atoms with Gasteiger partial charge in [0.15, 0.2) is 0 Å². The van der Waals surface area contributed by atoms with Crippen LogP contribution in [0.5, 0.6) is 0 Å². The van der Waals surface area contributed by atoms with E-state index in [9.17, 15) is 13.2 Å². The molecule has 2 aromatic rings. The largest absolute Gasteiger partial charge is 0.326 e. The monoisotopic (exact) mass is 421 g/mol. The second-order valence-electron chi connectivity index (χ2n) is 7.52. The highest BCUT2D eigenvalue weighted by atomic mass is 35.5. The number of anilines is 2. The lowest BCUT2D eigenvalue weighted by atomic mass is 9.95. The van der Waals surface area contributed by atoms with E-state index in [1.165, 1.54) is 5.56 Å². The zero-order chi connectivity index (χ0) is 20.4. The molecule has 1 aliphatic rings. The molecule has 3 N–H and O–H groups in total. The number of benzene rings is 2. The summed E-state index contributed by atoms with van der Waals surface area (Å²) in [5.74, 6) is -0.0529. The van der Waals surface area contributed by atoms with Gasteiger partial charge < -0.3 is 10.6 Å². The molecule has 1 aliphatic heterocycles. The fourth-order valence-corrected chi connectivity index (χ4v) is 4.08. The van der Waals surface area contributed by atoms with E-state index in [1.54, 1.807) is 50.2 Å². The highest BCUT2D eigenvalue weighted by Gasteiger charge is 2.26. The molecule has 1 heterocycles. The van der Waals surface area contributed by atoms with E-state index < -0.39 is 15.4 Å². The summed E-state index contributed by atoms with van der Waals surface area (Å²) in [6.07, 6.45) is 0.892. The summed E-state index contributed by atoms with van der Waals surface area (Å²) in [5, 5.41) is 6.02. The number of sulfonamides is 1. The van der Waals surface area contributed by atoms with Gasteiger partial charge in [-0.05, 0) is 68.3 Å². The Bertz CT molecular complexity index is 990. The van der Waals surface area contributed by atoms with Gasteiger partial charge in [-0.1, -0.05) is 12.1 Å². The van der Waals surface area contributed by atoms with Crippen LogP contribution in [0.4, 0.5) is 11.4 Å². The molecule has 2 aromatic carbocycles. The minimum absolute atomic E-state index is 0.179. The van der Waals surface area contributed by atoms with Gasteiger partial charge in [-0.2, -0.15) is 0 Å². The Hall–Kier alpha value is -2.09. The Balaban J connectivity index is 1.78. The van der Waals surface area contributed by atoms with Crippen LogP contribution in [0, 0.1) is 5.41 Å². The molecule has 0 bridgehead atoms. The number of alkyl halides is 1. The molecule has 0 aromatic heterocycles. The van der Waals surface area contributed by atoms with E-state index in [-0.39, 0.29) is 16.7 Å². The number of carbonyl (C=O) groups is 1. The van der Waals surface area contributed by atoms with Gasteiger partial charge in [0.2, 0.25) is 5.91 Å². The fraction of sp³-hybridized carbons (Fsp3) is 0.350. The lowest BCUT2D eigenvalue weighted by molar-refractivity contribution is -0.122. The zero-order valence-electron chi connectivity index (χ0n) is 15.9. The molecule has 6 nitrogen and oxygen atoms in total. The lowest BCUT2D eigenvalue weighted by Gasteiger charge is -2.20. The molecule has 0 fully saturated rings. The second kappa shape index (κ2) is 8.11. The van der Waals surface area contributed by atoms with E-state index >= 15 is 0 Å². The Kier molecular flexibility index (Phi) is 5.98. The van der Waals surface area contributed by atoms with E-state index in [1.807, 2.05) is 6.07 Å². The van der Waals surface area contributed by atoms with E-state index in [0.717, 1.165) is 18.5 Å². The highest BCUT2D eigenvalue weighted by Crippen LogP contribution is 2.24. The van der Waals surface area contributed by atoms with Crippen molar-refractivity contribution in [3.63, 3.8) is 0 Å². The van der Waals surface area contributed by atoms with Crippen molar-refractivity contribution in [3.05, 3.63) is 53.6 Å². The quantitative estimate of drug-likeness (QED) is 0.624. The average Bonchev–Trinajstić information content (AvgIpc) is 2.67. The first-order valence-corrected chi connectivity index (χ1v) is 11.1. The lowest BCUT2D eigenvalue weighted by Crippen LogP contribution is -2.32. The SMILES string of the molecule is CC(C)(CCl)C(=O)Nc1cccc(NS(=O)(=O)c2ccc3c(c2)CNCC3)c1. The summed E-state index contributed by atoms with van der Waals surface area (Å²) < 4.78 is 28.2. The number of hydrogen-bond acceptors (Lipinski definition) is 4. The summed E-state index contributed by atoms with van der Waals surface area (Å²) in [4.78, 5) is 12.5. The third-order valence-corrected chi connectivity index (χ3v) is 6.74. The van der Waals surface area contributed by atoms with Crippen LogP contribution in [-0.2, 0) is 27.8 Å². The number of carbonyl (C=O) groups excluding carboxylic acids is 1. The van der Waals surface area contributed by atoms with Crippen molar-refractivity contribution in [3.8, 4) is 0 Å². The maximum absolute atomic E-state index is 12.8. The Morgan fingerprint density at radius 1 is 1.14 bits per heavy atom. The van der Waals surface area contributed by atoms with Crippen molar-refractivity contribution in [1.82, 2.24) is 5.32 Å². The summed E-state index contributed by atoms with van der Waals surface area (Å²) in [7, 11) is -3.74. The Morgan fingerprint density at radius 3 is 2.64 bits per heavy atom. The first-order chi connectivity index (χ1) is 13.2. The third-order valence-electron chi connectivity index (χ3n) is 4.70. The fourth-order valence-electron chi connectivity index (χ4n) is 2.86. The molecule has 0 aliphatic carbocycles. The summed E-state index contributed by atoms with van der Waals surface area (Å²) >= 11 is 5.83. The minimum atomic E-state index is -3.74. The molecule has 0 radical (unpaired) electrons. The van der Waals surface area contributed by atoms with Crippen LogP contribution in [0.25, 0.3) is 0 Å². The van der Waals surface area contributed by atoms with Crippen molar-refractivity contribution in [2.75, 3.05) is 22.5 Å². The first-order valence-electron chi connectivity index (χ1n) is 9.04. The van der Waals surface area contributed by atoms with Crippen LogP contribution < -0.4 is 15.4 Å². The molecular weight excluding hydrogens is 398 g/mol. The maximum atomic E-state index is 12.8. The summed E-state index contributed by atoms with van der Waals surface area (Å²) in [6, 6.07) is 11.8. The van der Waals surface area contributed by atoms with Crippen LogP contribution >= 0.6 is 11.6 Å². The van der Waals surface area contributed by atoms with Crippen LogP contribution in [0.15, 0.2) is 47.4 Å². The number of rotatable bonds is 6. The topological polar surface area (TPSA) is 87.3 Å². The van der Waals surface area contributed by atoms with Crippen LogP contribution in [0.3, 0.4) is 0 Å². The number of nitrogens with one attached hydrogen (secondary N) is 3. The molecule has 0 atom stereocenters. The molecule has 0 spiro atoms. The summed E-state index contributed by atoms with van der Waals surface area (Å²) in [6.45, 7) is 5.05. The third kappa shape index (κ3) is 4.66. The van der Waals surface area contributed by atoms with E-state index in [0.29, 0.717) is 17.9 Å². The number of fused-ring (bicyclic) bond motifs is 1. The molecular formula is C20H24ClN3O3S. The van der Waals surface area contributed by atoms with Crippen molar-refractivity contribution in [2.45, 2.75) is 31.7 Å². The van der Waals surface area contributed by atoms with Crippen LogP contribution in [-0.4, -0.2) is 26.7 Å². The molecule has 3 rings (SSSR count). The molecule has 0 saturated heterocycles. The van der Waals surface area contributed by atoms with Gasteiger partial charge in [0.25, 0.3) is 10.0 Å². The predicted octanol–water partition coefficient (Wildman–Crippen LogP) is 3.34. The van der Waals surface area contributed by atoms with Crippen LogP contribution in [0.1, 0.15) is 25.0 Å². The van der Waals surface area contributed by atoms with E-state index in [4.69, 9.17) is 11.6 Å². The molecule has 150 valence electrons. The van der Waals surface area contributed by atoms with Crippen molar-refractivity contribution in [1.29, 1.82) is 0 Å². The Morgan fingerprint density at radius 2 is 1.89 bits per heavy atom. The summed E-state index contributed by atoms with van der Waals surface area (Å²) in [5.41, 5.74) is 2.31. The minimum Gasteiger partial charge on any atom is -0.326 e. The van der Waals surface area contributed by atoms with Crippen LogP contribution in [0.2, 0.25) is 0 Å².